The molecular formula is C14H12N4O. The van der Waals surface area contributed by atoms with Crippen molar-refractivity contribution in [3.8, 4) is 24.3 Å². The van der Waals surface area contributed by atoms with Gasteiger partial charge in [-0.05, 0) is 25.7 Å². The lowest BCUT2D eigenvalue weighted by atomic mass is 9.79. The number of nitrogens with zero attached hydrogens (tertiary/aromatic N) is 4. The van der Waals surface area contributed by atoms with Gasteiger partial charge in [-0.25, -0.2) is 0 Å². The number of hydrogen-bond donors (Lipinski definition) is 0. The number of allylic oxidation sites excluding steroid dienone is 1. The second kappa shape index (κ2) is 4.74. The van der Waals surface area contributed by atoms with Gasteiger partial charge >= 0.3 is 0 Å². The zero-order valence-electron chi connectivity index (χ0n) is 10.4. The Kier molecular flexibility index (Phi) is 3.26. The van der Waals surface area contributed by atoms with Crippen molar-refractivity contribution in [1.29, 1.82) is 21.0 Å². The quantitative estimate of drug-likeness (QED) is 0.614. The van der Waals surface area contributed by atoms with Crippen LogP contribution in [0.15, 0.2) is 11.6 Å². The zero-order valence-corrected chi connectivity index (χ0v) is 10.4. The molecule has 2 aliphatic rings. The maximum atomic E-state index is 9.39. The monoisotopic (exact) mass is 252 g/mol. The average Bonchev–Trinajstić information content (AvgIpc) is 2.90. The van der Waals surface area contributed by atoms with E-state index in [0.29, 0.717) is 19.3 Å². The van der Waals surface area contributed by atoms with Crippen molar-refractivity contribution in [1.82, 2.24) is 0 Å². The third-order valence-electron chi connectivity index (χ3n) is 3.82. The summed E-state index contributed by atoms with van der Waals surface area (Å²) in [6.45, 7) is 0. The Balaban J connectivity index is 2.49. The van der Waals surface area contributed by atoms with Crippen molar-refractivity contribution in [2.24, 2.45) is 5.92 Å². The highest BCUT2D eigenvalue weighted by molar-refractivity contribution is 5.34. The minimum atomic E-state index is -1.73. The van der Waals surface area contributed by atoms with Crippen molar-refractivity contribution < 1.29 is 4.74 Å². The van der Waals surface area contributed by atoms with Gasteiger partial charge in [0.25, 0.3) is 0 Å². The van der Waals surface area contributed by atoms with Gasteiger partial charge in [0.1, 0.15) is 24.3 Å². The molecule has 1 saturated heterocycles. The second-order valence-electron chi connectivity index (χ2n) is 4.87. The fraction of sp³-hybridized carbons (Fsp3) is 0.571. The Morgan fingerprint density at radius 3 is 2.37 bits per heavy atom. The van der Waals surface area contributed by atoms with Crippen LogP contribution in [0.5, 0.6) is 0 Å². The van der Waals surface area contributed by atoms with Gasteiger partial charge in [-0.2, -0.15) is 21.0 Å². The van der Waals surface area contributed by atoms with Gasteiger partial charge in [0.2, 0.25) is 11.2 Å². The Bertz CT molecular complexity index is 551. The standard InChI is InChI=1S/C14H12N4O/c15-7-13(8-16)6-2-4-11-3-1-5-12(11)14(9-17,10-18)19-13/h3,12H,1-2,4-6H2. The molecule has 1 aliphatic heterocycles. The van der Waals surface area contributed by atoms with Crippen molar-refractivity contribution in [2.45, 2.75) is 43.3 Å². The highest BCUT2D eigenvalue weighted by Crippen LogP contribution is 2.44. The molecule has 1 heterocycles. The van der Waals surface area contributed by atoms with Gasteiger partial charge in [-0.3, -0.25) is 0 Å². The summed E-state index contributed by atoms with van der Waals surface area (Å²) in [5, 5.41) is 37.2. The highest BCUT2D eigenvalue weighted by Gasteiger charge is 2.51. The normalized spacial score (nSPS) is 27.2. The van der Waals surface area contributed by atoms with E-state index < -0.39 is 11.2 Å². The SMILES string of the molecule is N#CC1(C#N)CCCC2=CCCC2C(C#N)(C#N)O1. The van der Waals surface area contributed by atoms with Crippen LogP contribution in [0.1, 0.15) is 32.1 Å². The first-order valence-electron chi connectivity index (χ1n) is 6.19. The molecule has 0 aromatic carbocycles. The van der Waals surface area contributed by atoms with Crippen LogP contribution in [0.3, 0.4) is 0 Å². The first-order chi connectivity index (χ1) is 9.15. The van der Waals surface area contributed by atoms with E-state index in [1.54, 1.807) is 0 Å². The molecule has 0 spiro atoms. The molecule has 19 heavy (non-hydrogen) atoms. The van der Waals surface area contributed by atoms with E-state index >= 15 is 0 Å². The predicted octanol–water partition coefficient (Wildman–Crippen LogP) is 2.10. The fourth-order valence-corrected chi connectivity index (χ4v) is 2.85. The maximum Gasteiger partial charge on any atom is 0.249 e. The summed E-state index contributed by atoms with van der Waals surface area (Å²) in [6, 6.07) is 7.47. The summed E-state index contributed by atoms with van der Waals surface area (Å²) >= 11 is 0. The summed E-state index contributed by atoms with van der Waals surface area (Å²) in [4.78, 5) is 0. The molecule has 0 radical (unpaired) electrons. The largest absolute Gasteiger partial charge is 0.312 e. The fourth-order valence-electron chi connectivity index (χ4n) is 2.85. The Hall–Kier alpha value is -2.34. The topological polar surface area (TPSA) is 104 Å². The molecule has 0 bridgehead atoms. The molecule has 0 aromatic rings. The van der Waals surface area contributed by atoms with Crippen LogP contribution in [0.25, 0.3) is 0 Å². The van der Waals surface area contributed by atoms with E-state index in [0.717, 1.165) is 12.0 Å². The van der Waals surface area contributed by atoms with Gasteiger partial charge in [0.15, 0.2) is 0 Å². The zero-order chi connectivity index (χ0) is 13.9. The average molecular weight is 252 g/mol. The van der Waals surface area contributed by atoms with E-state index in [-0.39, 0.29) is 12.3 Å². The number of fused-ring (bicyclic) bond motifs is 1. The van der Waals surface area contributed by atoms with E-state index in [1.165, 1.54) is 0 Å². The van der Waals surface area contributed by atoms with Crippen LogP contribution in [0.2, 0.25) is 0 Å². The number of ether oxygens (including phenoxy) is 1. The van der Waals surface area contributed by atoms with Crippen LogP contribution < -0.4 is 0 Å². The Morgan fingerprint density at radius 1 is 1.11 bits per heavy atom. The van der Waals surface area contributed by atoms with Gasteiger partial charge < -0.3 is 4.74 Å². The van der Waals surface area contributed by atoms with Gasteiger partial charge in [-0.15, -0.1) is 0 Å². The molecule has 5 nitrogen and oxygen atoms in total. The molecule has 0 aromatic heterocycles. The lowest BCUT2D eigenvalue weighted by Crippen LogP contribution is -2.47. The summed E-state index contributed by atoms with van der Waals surface area (Å²) in [7, 11) is 0. The van der Waals surface area contributed by atoms with E-state index in [9.17, 15) is 21.0 Å². The molecule has 1 fully saturated rings. The molecule has 1 unspecified atom stereocenters. The number of rotatable bonds is 0. The first-order valence-corrected chi connectivity index (χ1v) is 6.19. The highest BCUT2D eigenvalue weighted by atomic mass is 16.5. The van der Waals surface area contributed by atoms with E-state index in [2.05, 4.69) is 0 Å². The van der Waals surface area contributed by atoms with Crippen molar-refractivity contribution >= 4 is 0 Å². The first kappa shape index (κ1) is 13.1. The summed E-state index contributed by atoms with van der Waals surface area (Å²) < 4.78 is 5.49. The minimum Gasteiger partial charge on any atom is -0.312 e. The van der Waals surface area contributed by atoms with Crippen LogP contribution in [-0.4, -0.2) is 11.2 Å². The third kappa shape index (κ3) is 1.96. The Morgan fingerprint density at radius 2 is 1.79 bits per heavy atom. The molecule has 1 atom stereocenters. The van der Waals surface area contributed by atoms with Crippen LogP contribution >= 0.6 is 0 Å². The molecular weight excluding hydrogens is 240 g/mol. The lowest BCUT2D eigenvalue weighted by Gasteiger charge is -2.35. The molecule has 2 rings (SSSR count). The Labute approximate surface area is 111 Å². The van der Waals surface area contributed by atoms with Crippen molar-refractivity contribution in [2.75, 3.05) is 0 Å². The minimum absolute atomic E-state index is 0.217. The van der Waals surface area contributed by atoms with Crippen molar-refractivity contribution in [3.63, 3.8) is 0 Å². The summed E-state index contributed by atoms with van der Waals surface area (Å²) in [5.74, 6) is -0.330. The number of hydrogen-bond acceptors (Lipinski definition) is 5. The summed E-state index contributed by atoms with van der Waals surface area (Å²) in [6.07, 6.45) is 5.09. The van der Waals surface area contributed by atoms with Crippen LogP contribution in [0.4, 0.5) is 0 Å². The predicted molar refractivity (Wildman–Crippen MR) is 63.7 cm³/mol. The molecule has 0 amide bonds. The lowest BCUT2D eigenvalue weighted by molar-refractivity contribution is -0.0708. The molecule has 1 aliphatic carbocycles. The van der Waals surface area contributed by atoms with Gasteiger partial charge in [0.05, 0.1) is 0 Å². The van der Waals surface area contributed by atoms with Gasteiger partial charge in [0, 0.05) is 12.3 Å². The summed E-state index contributed by atoms with van der Waals surface area (Å²) in [5.41, 5.74) is -2.37. The van der Waals surface area contributed by atoms with Crippen LogP contribution in [-0.2, 0) is 4.74 Å². The van der Waals surface area contributed by atoms with E-state index in [4.69, 9.17) is 4.74 Å². The van der Waals surface area contributed by atoms with Crippen molar-refractivity contribution in [3.05, 3.63) is 11.6 Å². The molecule has 94 valence electrons. The maximum absolute atomic E-state index is 9.39. The molecule has 0 saturated carbocycles. The van der Waals surface area contributed by atoms with Crippen LogP contribution in [0, 0.1) is 51.2 Å². The molecule has 0 N–H and O–H groups in total. The number of nitriles is 4. The third-order valence-corrected chi connectivity index (χ3v) is 3.82. The van der Waals surface area contributed by atoms with Gasteiger partial charge in [-0.1, -0.05) is 11.6 Å². The smallest absolute Gasteiger partial charge is 0.249 e. The molecule has 5 heteroatoms. The van der Waals surface area contributed by atoms with E-state index in [1.807, 2.05) is 30.4 Å². The second-order valence-corrected chi connectivity index (χ2v) is 4.87.